The van der Waals surface area contributed by atoms with Crippen molar-refractivity contribution in [1.29, 1.82) is 0 Å². The van der Waals surface area contributed by atoms with Crippen molar-refractivity contribution in [3.8, 4) is 0 Å². The molecule has 1 heterocycles. The molecule has 134 valence electrons. The molecule has 0 unspecified atom stereocenters. The fourth-order valence-corrected chi connectivity index (χ4v) is 3.40. The number of nitrogens with zero attached hydrogens (tertiary/aromatic N) is 4. The Bertz CT molecular complexity index is 863. The Hall–Kier alpha value is -2.67. The lowest BCUT2D eigenvalue weighted by atomic mass is 10.1. The molecule has 26 heavy (non-hydrogen) atoms. The van der Waals surface area contributed by atoms with E-state index in [4.69, 9.17) is 0 Å². The van der Waals surface area contributed by atoms with Crippen LogP contribution < -0.4 is 0 Å². The van der Waals surface area contributed by atoms with E-state index in [0.717, 1.165) is 28.7 Å². The third kappa shape index (κ3) is 4.49. The highest BCUT2D eigenvalue weighted by atomic mass is 32.2. The lowest BCUT2D eigenvalue weighted by Gasteiger charge is -2.10. The number of hydrogen-bond acceptors (Lipinski definition) is 5. The largest absolute Gasteiger partial charge is 0.301 e. The first-order valence-electron chi connectivity index (χ1n) is 8.49. The van der Waals surface area contributed by atoms with Crippen molar-refractivity contribution in [2.75, 3.05) is 5.75 Å². The molecule has 0 fully saturated rings. The van der Waals surface area contributed by atoms with Crippen LogP contribution in [-0.4, -0.2) is 25.4 Å². The number of nitro groups is 1. The van der Waals surface area contributed by atoms with Gasteiger partial charge < -0.3 is 4.57 Å². The van der Waals surface area contributed by atoms with Gasteiger partial charge in [-0.25, -0.2) is 0 Å². The molecule has 7 heteroatoms. The number of rotatable bonds is 8. The highest BCUT2D eigenvalue weighted by Crippen LogP contribution is 2.22. The number of aromatic nitrogens is 3. The standard InChI is InChI=1S/C19H20N4O2S/c1-2-12-26-19-21-20-18(13-15-6-4-3-5-7-15)22(19)14-16-8-10-17(11-9-16)23(24)25/h3-11H,2,12-14H2,1H3. The molecule has 0 spiro atoms. The minimum Gasteiger partial charge on any atom is -0.301 e. The summed E-state index contributed by atoms with van der Waals surface area (Å²) in [5.41, 5.74) is 2.27. The summed E-state index contributed by atoms with van der Waals surface area (Å²) in [6.07, 6.45) is 1.76. The fraction of sp³-hybridized carbons (Fsp3) is 0.263. The first kappa shape index (κ1) is 18.1. The molecule has 0 N–H and O–H groups in total. The molecule has 0 bridgehead atoms. The van der Waals surface area contributed by atoms with E-state index < -0.39 is 0 Å². The second-order valence-corrected chi connectivity index (χ2v) is 6.98. The Balaban J connectivity index is 1.86. The predicted octanol–water partition coefficient (Wildman–Crippen LogP) is 4.33. The van der Waals surface area contributed by atoms with Gasteiger partial charge in [0.1, 0.15) is 5.82 Å². The minimum atomic E-state index is -0.383. The summed E-state index contributed by atoms with van der Waals surface area (Å²) in [5, 5.41) is 20.5. The summed E-state index contributed by atoms with van der Waals surface area (Å²) in [6, 6.07) is 16.8. The summed E-state index contributed by atoms with van der Waals surface area (Å²) in [7, 11) is 0. The van der Waals surface area contributed by atoms with Crippen LogP contribution in [0, 0.1) is 10.1 Å². The smallest absolute Gasteiger partial charge is 0.269 e. The van der Waals surface area contributed by atoms with Gasteiger partial charge in [-0.15, -0.1) is 10.2 Å². The van der Waals surface area contributed by atoms with Crippen molar-refractivity contribution in [3.05, 3.63) is 81.7 Å². The fourth-order valence-electron chi connectivity index (χ4n) is 2.59. The maximum atomic E-state index is 10.8. The molecular formula is C19H20N4O2S. The quantitative estimate of drug-likeness (QED) is 0.336. The molecule has 0 amide bonds. The number of benzene rings is 2. The summed E-state index contributed by atoms with van der Waals surface area (Å²) in [4.78, 5) is 10.5. The SMILES string of the molecule is CCCSc1nnc(Cc2ccccc2)n1Cc1ccc([N+](=O)[O-])cc1. The molecule has 0 aliphatic heterocycles. The molecule has 0 saturated heterocycles. The predicted molar refractivity (Wildman–Crippen MR) is 102 cm³/mol. The highest BCUT2D eigenvalue weighted by molar-refractivity contribution is 7.99. The number of hydrogen-bond donors (Lipinski definition) is 0. The van der Waals surface area contributed by atoms with Crippen molar-refractivity contribution in [1.82, 2.24) is 14.8 Å². The number of non-ortho nitro benzene ring substituents is 1. The van der Waals surface area contributed by atoms with Crippen molar-refractivity contribution in [3.63, 3.8) is 0 Å². The molecule has 0 aliphatic carbocycles. The molecule has 0 atom stereocenters. The van der Waals surface area contributed by atoms with E-state index >= 15 is 0 Å². The van der Waals surface area contributed by atoms with Crippen LogP contribution in [0.5, 0.6) is 0 Å². The Labute approximate surface area is 156 Å². The topological polar surface area (TPSA) is 73.8 Å². The van der Waals surface area contributed by atoms with Crippen molar-refractivity contribution >= 4 is 17.4 Å². The van der Waals surface area contributed by atoms with Gasteiger partial charge in [-0.2, -0.15) is 0 Å². The second kappa shape index (κ2) is 8.62. The van der Waals surface area contributed by atoms with E-state index in [-0.39, 0.29) is 10.6 Å². The molecular weight excluding hydrogens is 348 g/mol. The van der Waals surface area contributed by atoms with Crippen molar-refractivity contribution in [2.45, 2.75) is 31.5 Å². The van der Waals surface area contributed by atoms with Gasteiger partial charge in [-0.3, -0.25) is 10.1 Å². The third-order valence-corrected chi connectivity index (χ3v) is 5.09. The normalized spacial score (nSPS) is 10.8. The average molecular weight is 368 g/mol. The van der Waals surface area contributed by atoms with Gasteiger partial charge in [0.25, 0.3) is 5.69 Å². The van der Waals surface area contributed by atoms with Crippen LogP contribution in [0.25, 0.3) is 0 Å². The number of thioether (sulfide) groups is 1. The Morgan fingerprint density at radius 2 is 1.77 bits per heavy atom. The maximum absolute atomic E-state index is 10.8. The molecule has 1 aromatic heterocycles. The van der Waals surface area contributed by atoms with Gasteiger partial charge in [0.15, 0.2) is 5.16 Å². The summed E-state index contributed by atoms with van der Waals surface area (Å²) < 4.78 is 2.11. The Kier molecular flexibility index (Phi) is 6.01. The van der Waals surface area contributed by atoms with Crippen LogP contribution >= 0.6 is 11.8 Å². The summed E-state index contributed by atoms with van der Waals surface area (Å²) in [5.74, 6) is 1.87. The van der Waals surface area contributed by atoms with Crippen LogP contribution in [0.4, 0.5) is 5.69 Å². The van der Waals surface area contributed by atoms with Crippen molar-refractivity contribution in [2.24, 2.45) is 0 Å². The van der Waals surface area contributed by atoms with Crippen molar-refractivity contribution < 1.29 is 4.92 Å². The molecule has 2 aromatic carbocycles. The third-order valence-electron chi connectivity index (χ3n) is 3.92. The Morgan fingerprint density at radius 3 is 2.42 bits per heavy atom. The van der Waals surface area contributed by atoms with Gasteiger partial charge >= 0.3 is 0 Å². The zero-order valence-electron chi connectivity index (χ0n) is 14.5. The van der Waals surface area contributed by atoms with Crippen LogP contribution in [0.2, 0.25) is 0 Å². The second-order valence-electron chi connectivity index (χ2n) is 5.92. The van der Waals surface area contributed by atoms with Gasteiger partial charge in [0.2, 0.25) is 0 Å². The van der Waals surface area contributed by atoms with Crippen LogP contribution in [-0.2, 0) is 13.0 Å². The zero-order chi connectivity index (χ0) is 18.4. The van der Waals surface area contributed by atoms with E-state index in [1.54, 1.807) is 23.9 Å². The van der Waals surface area contributed by atoms with E-state index in [9.17, 15) is 10.1 Å². The molecule has 0 aliphatic rings. The maximum Gasteiger partial charge on any atom is 0.269 e. The van der Waals surface area contributed by atoms with E-state index in [1.165, 1.54) is 17.7 Å². The first-order chi connectivity index (χ1) is 12.7. The number of nitro benzene ring substituents is 1. The van der Waals surface area contributed by atoms with E-state index in [1.807, 2.05) is 18.2 Å². The van der Waals surface area contributed by atoms with E-state index in [2.05, 4.69) is 33.8 Å². The molecule has 6 nitrogen and oxygen atoms in total. The van der Waals surface area contributed by atoms with Crippen LogP contribution in [0.1, 0.15) is 30.3 Å². The first-order valence-corrected chi connectivity index (χ1v) is 9.48. The lowest BCUT2D eigenvalue weighted by Crippen LogP contribution is -2.07. The molecule has 3 rings (SSSR count). The van der Waals surface area contributed by atoms with Crippen LogP contribution in [0.15, 0.2) is 59.8 Å². The highest BCUT2D eigenvalue weighted by Gasteiger charge is 2.14. The summed E-state index contributed by atoms with van der Waals surface area (Å²) in [6.45, 7) is 2.73. The van der Waals surface area contributed by atoms with Gasteiger partial charge in [-0.1, -0.05) is 61.2 Å². The monoisotopic (exact) mass is 368 g/mol. The summed E-state index contributed by atoms with van der Waals surface area (Å²) >= 11 is 1.69. The zero-order valence-corrected chi connectivity index (χ0v) is 15.4. The molecule has 0 radical (unpaired) electrons. The minimum absolute atomic E-state index is 0.0996. The van der Waals surface area contributed by atoms with Crippen LogP contribution in [0.3, 0.4) is 0 Å². The average Bonchev–Trinajstić information content (AvgIpc) is 3.02. The molecule has 0 saturated carbocycles. The van der Waals surface area contributed by atoms with E-state index in [0.29, 0.717) is 13.0 Å². The van der Waals surface area contributed by atoms with Gasteiger partial charge in [0.05, 0.1) is 11.5 Å². The molecule has 3 aromatic rings. The van der Waals surface area contributed by atoms with Gasteiger partial charge in [0, 0.05) is 24.3 Å². The Morgan fingerprint density at radius 1 is 1.04 bits per heavy atom. The lowest BCUT2D eigenvalue weighted by molar-refractivity contribution is -0.384. The van der Waals surface area contributed by atoms with Gasteiger partial charge in [-0.05, 0) is 17.5 Å².